The molecule has 12 heteroatoms. The third-order valence-corrected chi connectivity index (χ3v) is 8.60. The van der Waals surface area contributed by atoms with Crippen LogP contribution in [-0.2, 0) is 9.47 Å². The van der Waals surface area contributed by atoms with Crippen molar-refractivity contribution in [1.82, 2.24) is 4.98 Å². The van der Waals surface area contributed by atoms with Crippen molar-refractivity contribution in [3.63, 3.8) is 0 Å². The summed E-state index contributed by atoms with van der Waals surface area (Å²) >= 11 is 1.91. The molecule has 0 aliphatic heterocycles. The van der Waals surface area contributed by atoms with Crippen LogP contribution < -0.4 is 16.8 Å². The fourth-order valence-electron chi connectivity index (χ4n) is 4.28. The Hall–Kier alpha value is -4.47. The zero-order valence-electron chi connectivity index (χ0n) is 22.5. The first-order chi connectivity index (χ1) is 19.0. The predicted molar refractivity (Wildman–Crippen MR) is 157 cm³/mol. The molecule has 1 aromatic carbocycles. The number of methoxy groups -OCH3 is 1. The van der Waals surface area contributed by atoms with Gasteiger partial charge in [0.2, 0.25) is 0 Å². The third-order valence-electron chi connectivity index (χ3n) is 6.31. The normalized spacial score (nSPS) is 10.9. The molecule has 10 nitrogen and oxygen atoms in total. The lowest BCUT2D eigenvalue weighted by atomic mass is 9.94. The van der Waals surface area contributed by atoms with Gasteiger partial charge in [-0.25, -0.2) is 14.6 Å². The quantitative estimate of drug-likeness (QED) is 0.233. The highest BCUT2D eigenvalue weighted by atomic mass is 32.1. The van der Waals surface area contributed by atoms with E-state index in [1.54, 1.807) is 13.8 Å². The van der Waals surface area contributed by atoms with E-state index in [2.05, 4.69) is 30.2 Å². The van der Waals surface area contributed by atoms with Gasteiger partial charge in [-0.2, -0.15) is 5.26 Å². The Morgan fingerprint density at radius 2 is 1.77 bits per heavy atom. The van der Waals surface area contributed by atoms with Crippen LogP contribution in [0.3, 0.4) is 0 Å². The van der Waals surface area contributed by atoms with E-state index in [0.717, 1.165) is 28.2 Å². The lowest BCUT2D eigenvalue weighted by molar-refractivity contribution is 0.0531. The number of pyridine rings is 1. The van der Waals surface area contributed by atoms with Gasteiger partial charge in [0.15, 0.2) is 0 Å². The van der Waals surface area contributed by atoms with Gasteiger partial charge in [0.25, 0.3) is 5.91 Å². The van der Waals surface area contributed by atoms with Crippen molar-refractivity contribution in [2.45, 2.75) is 33.6 Å². The molecule has 0 aliphatic rings. The standard InChI is InChI=1S/C28H27N5O5S2/c1-6-38-28(36)21-13(4)17(27(35)37-5)25(39-21)33-24(34)22-20(30)19-18(15-9-7-14(8-10-15)12(2)3)16(11-29)23(31)32-26(19)40-22/h7-10,12H,6,30H2,1-5H3,(H2,31,32)(H,33,34). The molecule has 3 aromatic heterocycles. The summed E-state index contributed by atoms with van der Waals surface area (Å²) in [5, 5.41) is 13.2. The maximum absolute atomic E-state index is 13.5. The number of anilines is 3. The molecule has 0 bridgehead atoms. The van der Waals surface area contributed by atoms with Gasteiger partial charge in [0.05, 0.1) is 25.0 Å². The number of nitriles is 1. The number of hydrogen-bond donors (Lipinski definition) is 3. The molecule has 0 radical (unpaired) electrons. The minimum Gasteiger partial charge on any atom is -0.465 e. The van der Waals surface area contributed by atoms with Gasteiger partial charge in [0.1, 0.15) is 37.0 Å². The van der Waals surface area contributed by atoms with Gasteiger partial charge in [-0.3, -0.25) is 4.79 Å². The first kappa shape index (κ1) is 28.5. The number of esters is 2. The summed E-state index contributed by atoms with van der Waals surface area (Å²) in [5.74, 6) is -1.63. The highest BCUT2D eigenvalue weighted by Gasteiger charge is 2.29. The van der Waals surface area contributed by atoms with Crippen molar-refractivity contribution in [1.29, 1.82) is 5.26 Å². The SMILES string of the molecule is CCOC(=O)c1sc(NC(=O)c2sc3nc(N)c(C#N)c(-c4ccc(C(C)C)cc4)c3c2N)c(C(=O)OC)c1C. The first-order valence-electron chi connectivity index (χ1n) is 12.3. The Bertz CT molecular complexity index is 1700. The van der Waals surface area contributed by atoms with E-state index in [4.69, 9.17) is 20.9 Å². The zero-order chi connectivity index (χ0) is 29.3. The monoisotopic (exact) mass is 577 g/mol. The van der Waals surface area contributed by atoms with E-state index >= 15 is 0 Å². The molecule has 0 saturated heterocycles. The van der Waals surface area contributed by atoms with Crippen LogP contribution in [0.4, 0.5) is 16.5 Å². The van der Waals surface area contributed by atoms with Crippen molar-refractivity contribution >= 4 is 67.2 Å². The van der Waals surface area contributed by atoms with Crippen molar-refractivity contribution < 1.29 is 23.9 Å². The number of nitrogens with zero attached hydrogens (tertiary/aromatic N) is 2. The van der Waals surface area contributed by atoms with Gasteiger partial charge in [0, 0.05) is 10.9 Å². The molecule has 4 rings (SSSR count). The molecule has 5 N–H and O–H groups in total. The summed E-state index contributed by atoms with van der Waals surface area (Å²) in [7, 11) is 1.21. The van der Waals surface area contributed by atoms with Crippen molar-refractivity contribution in [2.75, 3.05) is 30.5 Å². The van der Waals surface area contributed by atoms with E-state index in [0.29, 0.717) is 32.8 Å². The molecule has 0 unspecified atom stereocenters. The summed E-state index contributed by atoms with van der Waals surface area (Å²) in [6.07, 6.45) is 0. The van der Waals surface area contributed by atoms with Gasteiger partial charge in [-0.15, -0.1) is 22.7 Å². The number of ether oxygens (including phenoxy) is 2. The van der Waals surface area contributed by atoms with Crippen LogP contribution in [0.15, 0.2) is 24.3 Å². The van der Waals surface area contributed by atoms with Crippen molar-refractivity contribution in [3.05, 3.63) is 56.3 Å². The van der Waals surface area contributed by atoms with E-state index in [-0.39, 0.29) is 44.0 Å². The minimum atomic E-state index is -0.718. The number of nitrogens with two attached hydrogens (primary N) is 2. The fraction of sp³-hybridized carbons (Fsp3) is 0.250. The zero-order valence-corrected chi connectivity index (χ0v) is 24.1. The Morgan fingerprint density at radius 3 is 2.35 bits per heavy atom. The minimum absolute atomic E-state index is 0.0204. The molecule has 3 heterocycles. The number of nitrogens with one attached hydrogen (secondary N) is 1. The number of amides is 1. The molecule has 4 aromatic rings. The molecule has 0 fully saturated rings. The molecule has 1 amide bonds. The second kappa shape index (κ2) is 11.3. The number of carbonyl (C=O) groups excluding carboxylic acids is 3. The Morgan fingerprint density at radius 1 is 1.10 bits per heavy atom. The maximum atomic E-state index is 13.5. The topological polar surface area (TPSA) is 170 Å². The highest BCUT2D eigenvalue weighted by molar-refractivity contribution is 7.22. The van der Waals surface area contributed by atoms with Crippen LogP contribution in [-0.4, -0.2) is 36.5 Å². The second-order valence-electron chi connectivity index (χ2n) is 9.09. The average molecular weight is 578 g/mol. The molecule has 206 valence electrons. The van der Waals surface area contributed by atoms with E-state index < -0.39 is 17.8 Å². The van der Waals surface area contributed by atoms with Gasteiger partial charge >= 0.3 is 11.9 Å². The van der Waals surface area contributed by atoms with Gasteiger partial charge < -0.3 is 26.3 Å². The molecular formula is C28H27N5O5S2. The van der Waals surface area contributed by atoms with E-state index in [1.165, 1.54) is 7.11 Å². The molecule has 0 saturated carbocycles. The molecular weight excluding hydrogens is 550 g/mol. The number of rotatable bonds is 7. The van der Waals surface area contributed by atoms with Crippen LogP contribution in [0.25, 0.3) is 21.3 Å². The third kappa shape index (κ3) is 4.97. The number of nitrogen functional groups attached to an aromatic ring is 2. The lowest BCUT2D eigenvalue weighted by Crippen LogP contribution is -2.14. The summed E-state index contributed by atoms with van der Waals surface area (Å²) in [4.78, 5) is 43.5. The van der Waals surface area contributed by atoms with E-state index in [9.17, 15) is 19.6 Å². The van der Waals surface area contributed by atoms with Crippen LogP contribution in [0.2, 0.25) is 0 Å². The summed E-state index contributed by atoms with van der Waals surface area (Å²) in [5.41, 5.74) is 15.6. The van der Waals surface area contributed by atoms with Gasteiger partial charge in [-0.05, 0) is 36.5 Å². The van der Waals surface area contributed by atoms with Crippen LogP contribution in [0.1, 0.15) is 73.1 Å². The number of hydrogen-bond acceptors (Lipinski definition) is 11. The first-order valence-corrected chi connectivity index (χ1v) is 13.9. The lowest BCUT2D eigenvalue weighted by Gasteiger charge is -2.11. The predicted octanol–water partition coefficient (Wildman–Crippen LogP) is 5.71. The Balaban J connectivity index is 1.84. The number of thiophene rings is 2. The Labute approximate surface area is 238 Å². The van der Waals surface area contributed by atoms with Gasteiger partial charge in [-0.1, -0.05) is 38.1 Å². The van der Waals surface area contributed by atoms with Crippen molar-refractivity contribution in [2.24, 2.45) is 0 Å². The van der Waals surface area contributed by atoms with Crippen LogP contribution in [0, 0.1) is 18.3 Å². The number of benzene rings is 1. The number of carbonyl (C=O) groups is 3. The second-order valence-corrected chi connectivity index (χ2v) is 11.1. The van der Waals surface area contributed by atoms with E-state index in [1.807, 2.05) is 24.3 Å². The van der Waals surface area contributed by atoms with Crippen LogP contribution in [0.5, 0.6) is 0 Å². The van der Waals surface area contributed by atoms with Crippen LogP contribution >= 0.6 is 22.7 Å². The average Bonchev–Trinajstić information content (AvgIpc) is 3.43. The molecule has 0 atom stereocenters. The largest absolute Gasteiger partial charge is 0.465 e. The maximum Gasteiger partial charge on any atom is 0.348 e. The smallest absolute Gasteiger partial charge is 0.348 e. The Kier molecular flexibility index (Phi) is 8.08. The molecule has 0 spiro atoms. The number of aromatic nitrogens is 1. The molecule has 40 heavy (non-hydrogen) atoms. The summed E-state index contributed by atoms with van der Waals surface area (Å²) in [6, 6.07) is 9.82. The summed E-state index contributed by atoms with van der Waals surface area (Å²) < 4.78 is 9.97. The summed E-state index contributed by atoms with van der Waals surface area (Å²) in [6.45, 7) is 7.55. The number of fused-ring (bicyclic) bond motifs is 1. The highest BCUT2D eigenvalue weighted by Crippen LogP contribution is 2.43. The van der Waals surface area contributed by atoms with Crippen molar-refractivity contribution in [3.8, 4) is 17.2 Å². The fourth-order valence-corrected chi connectivity index (χ4v) is 6.37. The molecule has 0 aliphatic carbocycles.